The van der Waals surface area contributed by atoms with E-state index in [1.165, 1.54) is 55.2 Å². The van der Waals surface area contributed by atoms with Crippen LogP contribution < -0.4 is 5.32 Å². The van der Waals surface area contributed by atoms with E-state index in [4.69, 9.17) is 0 Å². The van der Waals surface area contributed by atoms with Gasteiger partial charge in [0, 0.05) is 6.04 Å². The summed E-state index contributed by atoms with van der Waals surface area (Å²) in [6, 6.07) is 7.58. The van der Waals surface area contributed by atoms with Crippen molar-refractivity contribution in [2.45, 2.75) is 58.4 Å². The van der Waals surface area contributed by atoms with Crippen molar-refractivity contribution < 1.29 is 0 Å². The Balaban J connectivity index is 1.95. The third-order valence-electron chi connectivity index (χ3n) is 4.26. The lowest BCUT2D eigenvalue weighted by molar-refractivity contribution is 0.402. The van der Waals surface area contributed by atoms with Gasteiger partial charge in [0.15, 0.2) is 0 Å². The van der Waals surface area contributed by atoms with Crippen LogP contribution in [0.1, 0.15) is 48.8 Å². The molecule has 0 radical (unpaired) electrons. The summed E-state index contributed by atoms with van der Waals surface area (Å²) in [5, 5.41) is 3.52. The topological polar surface area (TPSA) is 12.0 Å². The largest absolute Gasteiger partial charge is 0.317 e. The molecule has 1 aromatic rings. The first-order chi connectivity index (χ1) is 8.67. The van der Waals surface area contributed by atoms with E-state index < -0.39 is 0 Å². The summed E-state index contributed by atoms with van der Waals surface area (Å²) in [5.41, 5.74) is 4.27. The first-order valence-electron chi connectivity index (χ1n) is 7.42. The zero-order valence-corrected chi connectivity index (χ0v) is 12.1. The Morgan fingerprint density at radius 2 is 1.72 bits per heavy atom. The summed E-state index contributed by atoms with van der Waals surface area (Å²) in [7, 11) is 2.11. The van der Waals surface area contributed by atoms with Crippen molar-refractivity contribution in [2.75, 3.05) is 7.05 Å². The maximum Gasteiger partial charge on any atom is 0.0107 e. The lowest BCUT2D eigenvalue weighted by Crippen LogP contribution is -2.29. The highest BCUT2D eigenvalue weighted by Gasteiger charge is 2.19. The molecule has 0 spiro atoms. The van der Waals surface area contributed by atoms with Gasteiger partial charge in [0.25, 0.3) is 0 Å². The summed E-state index contributed by atoms with van der Waals surface area (Å²) in [4.78, 5) is 0. The zero-order valence-electron chi connectivity index (χ0n) is 12.1. The molecule has 1 atom stereocenters. The monoisotopic (exact) mass is 245 g/mol. The van der Waals surface area contributed by atoms with E-state index in [0.717, 1.165) is 5.92 Å². The number of hydrogen-bond acceptors (Lipinski definition) is 1. The van der Waals surface area contributed by atoms with Crippen molar-refractivity contribution in [3.05, 3.63) is 34.9 Å². The average Bonchev–Trinajstić information content (AvgIpc) is 2.79. The number of benzene rings is 1. The van der Waals surface area contributed by atoms with Gasteiger partial charge in [-0.15, -0.1) is 0 Å². The van der Waals surface area contributed by atoms with Crippen molar-refractivity contribution in [3.8, 4) is 0 Å². The third kappa shape index (κ3) is 3.84. The molecule has 1 aromatic carbocycles. The molecule has 1 nitrogen and oxygen atoms in total. The second-order valence-electron chi connectivity index (χ2n) is 6.07. The number of rotatable bonds is 5. The van der Waals surface area contributed by atoms with Crippen LogP contribution >= 0.6 is 0 Å². The van der Waals surface area contributed by atoms with Gasteiger partial charge in [0.1, 0.15) is 0 Å². The normalized spacial score (nSPS) is 18.2. The lowest BCUT2D eigenvalue weighted by atomic mass is 9.93. The molecule has 1 saturated carbocycles. The summed E-state index contributed by atoms with van der Waals surface area (Å²) >= 11 is 0. The average molecular weight is 245 g/mol. The van der Waals surface area contributed by atoms with Crippen LogP contribution in [-0.4, -0.2) is 13.1 Å². The van der Waals surface area contributed by atoms with Crippen LogP contribution in [0.15, 0.2) is 18.2 Å². The van der Waals surface area contributed by atoms with Crippen LogP contribution in [0.4, 0.5) is 0 Å². The van der Waals surface area contributed by atoms with Crippen molar-refractivity contribution in [2.24, 2.45) is 5.92 Å². The van der Waals surface area contributed by atoms with Crippen molar-refractivity contribution in [1.29, 1.82) is 0 Å². The Labute approximate surface area is 112 Å². The van der Waals surface area contributed by atoms with Crippen LogP contribution in [0.25, 0.3) is 0 Å². The summed E-state index contributed by atoms with van der Waals surface area (Å²) in [6.07, 6.45) is 8.32. The van der Waals surface area contributed by atoms with E-state index in [-0.39, 0.29) is 0 Å². The Hall–Kier alpha value is -0.820. The van der Waals surface area contributed by atoms with Gasteiger partial charge in [-0.2, -0.15) is 0 Å². The second-order valence-corrected chi connectivity index (χ2v) is 6.07. The van der Waals surface area contributed by atoms with Crippen LogP contribution in [0.3, 0.4) is 0 Å². The second kappa shape index (κ2) is 6.38. The minimum absolute atomic E-state index is 0.648. The van der Waals surface area contributed by atoms with Crippen LogP contribution in [0.5, 0.6) is 0 Å². The number of nitrogens with one attached hydrogen (secondary N) is 1. The van der Waals surface area contributed by atoms with E-state index in [9.17, 15) is 0 Å². The first kappa shape index (κ1) is 13.6. The summed E-state index contributed by atoms with van der Waals surface area (Å²) in [6.45, 7) is 4.39. The Morgan fingerprint density at radius 3 is 2.28 bits per heavy atom. The van der Waals surface area contributed by atoms with Gasteiger partial charge in [-0.1, -0.05) is 55.0 Å². The SMILES string of the molecule is CNC(Cc1cc(C)cc(C)c1)CC1CCCC1. The molecular formula is C17H27N. The Morgan fingerprint density at radius 1 is 1.11 bits per heavy atom. The van der Waals surface area contributed by atoms with E-state index in [0.29, 0.717) is 6.04 Å². The minimum Gasteiger partial charge on any atom is -0.317 e. The van der Waals surface area contributed by atoms with Crippen LogP contribution in [0.2, 0.25) is 0 Å². The standard InChI is InChI=1S/C17H27N/c1-13-8-14(2)10-16(9-13)12-17(18-3)11-15-6-4-5-7-15/h8-10,15,17-18H,4-7,11-12H2,1-3H3. The zero-order chi connectivity index (χ0) is 13.0. The minimum atomic E-state index is 0.648. The van der Waals surface area contributed by atoms with Gasteiger partial charge in [-0.05, 0) is 45.2 Å². The highest BCUT2D eigenvalue weighted by atomic mass is 14.9. The maximum absolute atomic E-state index is 3.52. The van der Waals surface area contributed by atoms with Gasteiger partial charge in [0.2, 0.25) is 0 Å². The van der Waals surface area contributed by atoms with Crippen molar-refractivity contribution in [3.63, 3.8) is 0 Å². The van der Waals surface area contributed by atoms with E-state index in [2.05, 4.69) is 44.4 Å². The van der Waals surface area contributed by atoms with E-state index >= 15 is 0 Å². The molecule has 1 unspecified atom stereocenters. The quantitative estimate of drug-likeness (QED) is 0.826. The molecule has 100 valence electrons. The third-order valence-corrected chi connectivity index (χ3v) is 4.26. The summed E-state index contributed by atoms with van der Waals surface area (Å²) < 4.78 is 0. The fourth-order valence-electron chi connectivity index (χ4n) is 3.42. The van der Waals surface area contributed by atoms with Crippen molar-refractivity contribution >= 4 is 0 Å². The molecular weight excluding hydrogens is 218 g/mol. The van der Waals surface area contributed by atoms with Gasteiger partial charge >= 0.3 is 0 Å². The molecule has 2 rings (SSSR count). The number of hydrogen-bond donors (Lipinski definition) is 1. The molecule has 0 bridgehead atoms. The fourth-order valence-corrected chi connectivity index (χ4v) is 3.42. The lowest BCUT2D eigenvalue weighted by Gasteiger charge is -2.20. The molecule has 1 aliphatic rings. The molecule has 1 aliphatic carbocycles. The van der Waals surface area contributed by atoms with Crippen LogP contribution in [-0.2, 0) is 6.42 Å². The molecule has 0 amide bonds. The van der Waals surface area contributed by atoms with Gasteiger partial charge in [0.05, 0.1) is 0 Å². The summed E-state index contributed by atoms with van der Waals surface area (Å²) in [5.74, 6) is 0.966. The molecule has 0 saturated heterocycles. The highest BCUT2D eigenvalue weighted by molar-refractivity contribution is 5.29. The number of aryl methyl sites for hydroxylation is 2. The predicted octanol–water partition coefficient (Wildman–Crippen LogP) is 4.01. The molecule has 0 heterocycles. The van der Waals surface area contributed by atoms with Crippen molar-refractivity contribution in [1.82, 2.24) is 5.32 Å². The molecule has 0 aromatic heterocycles. The van der Waals surface area contributed by atoms with E-state index in [1.807, 2.05) is 0 Å². The fraction of sp³-hybridized carbons (Fsp3) is 0.647. The predicted molar refractivity (Wildman–Crippen MR) is 79.0 cm³/mol. The van der Waals surface area contributed by atoms with Gasteiger partial charge in [-0.3, -0.25) is 0 Å². The van der Waals surface area contributed by atoms with Crippen LogP contribution in [0, 0.1) is 19.8 Å². The molecule has 1 fully saturated rings. The maximum atomic E-state index is 3.52. The smallest absolute Gasteiger partial charge is 0.0107 e. The first-order valence-corrected chi connectivity index (χ1v) is 7.42. The molecule has 18 heavy (non-hydrogen) atoms. The highest BCUT2D eigenvalue weighted by Crippen LogP contribution is 2.29. The molecule has 1 heteroatoms. The number of likely N-dealkylation sites (N-methyl/N-ethyl adjacent to an activating group) is 1. The van der Waals surface area contributed by atoms with Gasteiger partial charge < -0.3 is 5.32 Å². The Bertz CT molecular complexity index is 357. The van der Waals surface area contributed by atoms with E-state index in [1.54, 1.807) is 0 Å². The van der Waals surface area contributed by atoms with Gasteiger partial charge in [-0.25, -0.2) is 0 Å². The molecule has 0 aliphatic heterocycles. The Kier molecular flexibility index (Phi) is 4.82. The molecule has 1 N–H and O–H groups in total.